The van der Waals surface area contributed by atoms with Crippen molar-refractivity contribution < 1.29 is 29.3 Å². The molecule has 0 saturated heterocycles. The molecule has 0 radical (unpaired) electrons. The molecule has 5 rings (SSSR count). The van der Waals surface area contributed by atoms with E-state index in [1.54, 1.807) is 24.3 Å². The Morgan fingerprint density at radius 3 is 2.33 bits per heavy atom. The van der Waals surface area contributed by atoms with Crippen LogP contribution < -0.4 is 0 Å². The SMILES string of the molecule is C=C(CC[C@@H](C)[C@H]1CC=C2C3=C([C@@H](O)[C@H](OC(C)=O)C21C)[C@@]1(C)C[C@@H](OC(=O)c2ccccc2)C(O)C(C)(C)[C@@H]1CC3)C(C)C. The third-order valence-electron chi connectivity index (χ3n) is 12.4. The van der Waals surface area contributed by atoms with Gasteiger partial charge in [-0.15, -0.1) is 0 Å². The number of aliphatic hydroxyl groups is 2. The number of carbonyl (C=O) groups is 2. The van der Waals surface area contributed by atoms with Crippen LogP contribution in [-0.2, 0) is 14.3 Å². The molecule has 0 spiro atoms. The molecule has 6 heteroatoms. The number of esters is 2. The lowest BCUT2D eigenvalue weighted by atomic mass is 9.45. The first-order chi connectivity index (χ1) is 21.0. The van der Waals surface area contributed by atoms with Crippen LogP contribution in [0.25, 0.3) is 0 Å². The molecule has 0 amide bonds. The van der Waals surface area contributed by atoms with Gasteiger partial charge in [0.1, 0.15) is 18.3 Å². The van der Waals surface area contributed by atoms with Crippen LogP contribution in [-0.4, -0.2) is 46.6 Å². The summed E-state index contributed by atoms with van der Waals surface area (Å²) in [6.45, 7) is 20.8. The van der Waals surface area contributed by atoms with E-state index in [0.717, 1.165) is 37.7 Å². The topological polar surface area (TPSA) is 93.1 Å². The molecule has 4 aliphatic rings. The number of aliphatic hydroxyl groups excluding tert-OH is 2. The second kappa shape index (κ2) is 12.2. The number of fused-ring (bicyclic) bond motifs is 4. The van der Waals surface area contributed by atoms with Crippen LogP contribution >= 0.6 is 0 Å². The molecule has 45 heavy (non-hydrogen) atoms. The maximum Gasteiger partial charge on any atom is 0.338 e. The monoisotopic (exact) mass is 618 g/mol. The van der Waals surface area contributed by atoms with Crippen molar-refractivity contribution in [3.63, 3.8) is 0 Å². The van der Waals surface area contributed by atoms with E-state index in [-0.39, 0.29) is 11.8 Å². The minimum atomic E-state index is -1.01. The molecule has 6 nitrogen and oxygen atoms in total. The van der Waals surface area contributed by atoms with E-state index in [4.69, 9.17) is 9.47 Å². The Morgan fingerprint density at radius 2 is 1.71 bits per heavy atom. The Bertz CT molecular complexity index is 1390. The molecule has 1 saturated carbocycles. The number of carbonyl (C=O) groups excluding carboxylic acids is 2. The highest BCUT2D eigenvalue weighted by Gasteiger charge is 2.65. The smallest absolute Gasteiger partial charge is 0.338 e. The summed E-state index contributed by atoms with van der Waals surface area (Å²) in [6.07, 6.45) is 3.81. The minimum absolute atomic E-state index is 0.0289. The molecule has 0 bridgehead atoms. The molecular weight excluding hydrogens is 564 g/mol. The van der Waals surface area contributed by atoms with Gasteiger partial charge >= 0.3 is 11.9 Å². The van der Waals surface area contributed by atoms with Gasteiger partial charge in [0.25, 0.3) is 0 Å². The molecule has 1 aromatic rings. The Morgan fingerprint density at radius 1 is 1.04 bits per heavy atom. The fourth-order valence-electron chi connectivity index (χ4n) is 9.91. The highest BCUT2D eigenvalue weighted by molar-refractivity contribution is 5.89. The molecule has 0 aromatic heterocycles. The molecule has 2 unspecified atom stereocenters. The van der Waals surface area contributed by atoms with E-state index in [0.29, 0.717) is 23.8 Å². The summed E-state index contributed by atoms with van der Waals surface area (Å²) in [5.41, 5.74) is 3.25. The number of benzene rings is 1. The molecule has 9 atom stereocenters. The van der Waals surface area contributed by atoms with Crippen molar-refractivity contribution >= 4 is 11.9 Å². The predicted octanol–water partition coefficient (Wildman–Crippen LogP) is 7.60. The van der Waals surface area contributed by atoms with E-state index in [1.807, 2.05) is 6.07 Å². The lowest BCUT2D eigenvalue weighted by Gasteiger charge is -2.62. The third-order valence-corrected chi connectivity index (χ3v) is 12.4. The van der Waals surface area contributed by atoms with Crippen LogP contribution in [0.3, 0.4) is 0 Å². The second-order valence-corrected chi connectivity index (χ2v) is 15.7. The highest BCUT2D eigenvalue weighted by Crippen LogP contribution is 2.67. The van der Waals surface area contributed by atoms with Crippen LogP contribution in [0.2, 0.25) is 0 Å². The van der Waals surface area contributed by atoms with Crippen molar-refractivity contribution in [2.75, 3.05) is 0 Å². The third kappa shape index (κ3) is 5.54. The molecule has 246 valence electrons. The molecule has 0 heterocycles. The van der Waals surface area contributed by atoms with E-state index < -0.39 is 52.6 Å². The summed E-state index contributed by atoms with van der Waals surface area (Å²) in [5.74, 6) is 0.142. The zero-order valence-corrected chi connectivity index (χ0v) is 28.6. The maximum absolute atomic E-state index is 13.2. The van der Waals surface area contributed by atoms with Gasteiger partial charge in [-0.2, -0.15) is 0 Å². The summed E-state index contributed by atoms with van der Waals surface area (Å²) in [4.78, 5) is 25.9. The number of hydrogen-bond donors (Lipinski definition) is 2. The molecule has 4 aliphatic carbocycles. The average Bonchev–Trinajstić information content (AvgIpc) is 3.34. The van der Waals surface area contributed by atoms with E-state index in [9.17, 15) is 19.8 Å². The van der Waals surface area contributed by atoms with Crippen molar-refractivity contribution in [3.05, 3.63) is 70.8 Å². The number of allylic oxidation sites excluding steroid dienone is 3. The fraction of sp³-hybridized carbons (Fsp3) is 0.641. The Hall–Kier alpha value is -2.70. The van der Waals surface area contributed by atoms with E-state index >= 15 is 0 Å². The minimum Gasteiger partial charge on any atom is -0.458 e. The maximum atomic E-state index is 13.2. The van der Waals surface area contributed by atoms with Gasteiger partial charge in [-0.25, -0.2) is 4.79 Å². The summed E-state index contributed by atoms with van der Waals surface area (Å²) in [7, 11) is 0. The standard InChI is InChI=1S/C39H54O6/c1-22(2)23(3)15-16-24(4)28-18-19-29-27-17-20-31-37(6,7)34(42)30(45-36(43)26-13-11-10-12-14-26)21-38(31,8)32(27)33(41)35(39(28,29)9)44-25(5)40/h10-14,19,22,24,28,30-31,33-35,41-42H,3,15-18,20-21H2,1-2,4-9H3/t24-,28-,30-,31+,33-,34?,35+,38+,39?/m1/s1. The largest absolute Gasteiger partial charge is 0.458 e. The molecule has 0 aliphatic heterocycles. The lowest BCUT2D eigenvalue weighted by Crippen LogP contribution is -2.63. The van der Waals surface area contributed by atoms with Gasteiger partial charge < -0.3 is 19.7 Å². The van der Waals surface area contributed by atoms with E-state index in [2.05, 4.69) is 61.1 Å². The van der Waals surface area contributed by atoms with Crippen LogP contribution in [0.1, 0.15) is 104 Å². The first-order valence-corrected chi connectivity index (χ1v) is 17.0. The summed E-state index contributed by atoms with van der Waals surface area (Å²) in [5, 5.41) is 24.1. The van der Waals surface area contributed by atoms with Gasteiger partial charge in [0.15, 0.2) is 0 Å². The molecule has 1 aromatic carbocycles. The quantitative estimate of drug-likeness (QED) is 0.230. The summed E-state index contributed by atoms with van der Waals surface area (Å²) < 4.78 is 12.2. The molecule has 1 fully saturated rings. The Balaban J connectivity index is 1.54. The second-order valence-electron chi connectivity index (χ2n) is 15.7. The normalized spacial score (nSPS) is 35.9. The van der Waals surface area contributed by atoms with Crippen molar-refractivity contribution in [1.29, 1.82) is 0 Å². The van der Waals surface area contributed by atoms with Crippen LogP contribution in [0, 0.1) is 39.9 Å². The lowest BCUT2D eigenvalue weighted by molar-refractivity contribution is -0.177. The fourth-order valence-corrected chi connectivity index (χ4v) is 9.91. The molecular formula is C39H54O6. The van der Waals surface area contributed by atoms with Crippen LogP contribution in [0.5, 0.6) is 0 Å². The van der Waals surface area contributed by atoms with Crippen LogP contribution in [0.15, 0.2) is 65.3 Å². The highest BCUT2D eigenvalue weighted by atomic mass is 16.6. The summed E-state index contributed by atoms with van der Waals surface area (Å²) in [6, 6.07) is 8.86. The van der Waals surface area contributed by atoms with Crippen molar-refractivity contribution in [1.82, 2.24) is 0 Å². The zero-order valence-electron chi connectivity index (χ0n) is 28.6. The van der Waals surface area contributed by atoms with Crippen molar-refractivity contribution in [2.24, 2.45) is 39.9 Å². The van der Waals surface area contributed by atoms with Gasteiger partial charge in [0.05, 0.1) is 11.7 Å². The van der Waals surface area contributed by atoms with E-state index in [1.165, 1.54) is 23.6 Å². The van der Waals surface area contributed by atoms with Crippen molar-refractivity contribution in [2.45, 2.75) is 118 Å². The summed E-state index contributed by atoms with van der Waals surface area (Å²) >= 11 is 0. The zero-order chi connectivity index (χ0) is 33.1. The first kappa shape index (κ1) is 33.7. The Kier molecular flexibility index (Phi) is 9.09. The predicted molar refractivity (Wildman–Crippen MR) is 176 cm³/mol. The molecule has 2 N–H and O–H groups in total. The van der Waals surface area contributed by atoms with Gasteiger partial charge in [-0.1, -0.05) is 84.9 Å². The van der Waals surface area contributed by atoms with Crippen molar-refractivity contribution in [3.8, 4) is 0 Å². The van der Waals surface area contributed by atoms with Gasteiger partial charge in [-0.3, -0.25) is 4.79 Å². The van der Waals surface area contributed by atoms with Gasteiger partial charge in [0.2, 0.25) is 0 Å². The van der Waals surface area contributed by atoms with Crippen LogP contribution in [0.4, 0.5) is 0 Å². The number of hydrogen-bond acceptors (Lipinski definition) is 6. The Labute approximate surface area is 270 Å². The number of rotatable bonds is 8. The van der Waals surface area contributed by atoms with Gasteiger partial charge in [0, 0.05) is 12.3 Å². The van der Waals surface area contributed by atoms with Gasteiger partial charge in [-0.05, 0) is 102 Å². The average molecular weight is 619 g/mol. The number of ether oxygens (including phenoxy) is 2. The first-order valence-electron chi connectivity index (χ1n) is 17.0.